The first-order valence-electron chi connectivity index (χ1n) is 8.81. The molecule has 0 aliphatic rings. The third kappa shape index (κ3) is 5.41. The summed E-state index contributed by atoms with van der Waals surface area (Å²) < 4.78 is 0. The number of thiazole rings is 1. The molecule has 7 heteroatoms. The van der Waals surface area contributed by atoms with E-state index < -0.39 is 6.04 Å². The van der Waals surface area contributed by atoms with Crippen molar-refractivity contribution in [3.05, 3.63) is 86.8 Å². The highest BCUT2D eigenvalue weighted by Crippen LogP contribution is 2.20. The van der Waals surface area contributed by atoms with Gasteiger partial charge in [-0.3, -0.25) is 9.59 Å². The summed E-state index contributed by atoms with van der Waals surface area (Å²) in [4.78, 5) is 30.3. The molecule has 3 aromatic rings. The van der Waals surface area contributed by atoms with E-state index in [9.17, 15) is 9.59 Å². The van der Waals surface area contributed by atoms with Crippen LogP contribution in [-0.2, 0) is 11.3 Å². The molecule has 0 saturated heterocycles. The van der Waals surface area contributed by atoms with Crippen molar-refractivity contribution in [1.29, 1.82) is 0 Å². The number of benzene rings is 2. The van der Waals surface area contributed by atoms with Crippen LogP contribution in [0.2, 0.25) is 5.02 Å². The number of rotatable bonds is 7. The topological polar surface area (TPSA) is 71.1 Å². The Morgan fingerprint density at radius 3 is 2.50 bits per heavy atom. The molecule has 2 N–H and O–H groups in total. The van der Waals surface area contributed by atoms with Crippen molar-refractivity contribution in [3.63, 3.8) is 0 Å². The minimum atomic E-state index is -0.465. The molecule has 1 unspecified atom stereocenters. The first-order valence-corrected chi connectivity index (χ1v) is 10.0. The fraction of sp³-hybridized carbons (Fsp3) is 0.190. The zero-order valence-corrected chi connectivity index (χ0v) is 16.9. The van der Waals surface area contributed by atoms with Crippen molar-refractivity contribution in [3.8, 4) is 0 Å². The molecule has 2 amide bonds. The molecule has 1 atom stereocenters. The van der Waals surface area contributed by atoms with Crippen LogP contribution < -0.4 is 10.6 Å². The van der Waals surface area contributed by atoms with Crippen LogP contribution in [0.4, 0.5) is 0 Å². The van der Waals surface area contributed by atoms with E-state index in [-0.39, 0.29) is 18.2 Å². The Bertz CT molecular complexity index is 959. The predicted molar refractivity (Wildman–Crippen MR) is 111 cm³/mol. The van der Waals surface area contributed by atoms with Gasteiger partial charge in [0.25, 0.3) is 5.91 Å². The van der Waals surface area contributed by atoms with Gasteiger partial charge in [0, 0.05) is 11.1 Å². The first-order chi connectivity index (χ1) is 13.5. The smallest absolute Gasteiger partial charge is 0.253 e. The van der Waals surface area contributed by atoms with Crippen molar-refractivity contribution in [2.45, 2.75) is 25.9 Å². The summed E-state index contributed by atoms with van der Waals surface area (Å²) in [6.45, 7) is 2.34. The van der Waals surface area contributed by atoms with E-state index in [2.05, 4.69) is 15.6 Å². The molecular weight excluding hydrogens is 394 g/mol. The Kier molecular flexibility index (Phi) is 6.79. The van der Waals surface area contributed by atoms with Gasteiger partial charge in [-0.25, -0.2) is 4.98 Å². The molecule has 0 fully saturated rings. The molecule has 144 valence electrons. The zero-order valence-electron chi connectivity index (χ0n) is 15.3. The highest BCUT2D eigenvalue weighted by atomic mass is 35.5. The Hall–Kier alpha value is -2.70. The van der Waals surface area contributed by atoms with Crippen LogP contribution in [0.1, 0.15) is 38.3 Å². The van der Waals surface area contributed by atoms with Gasteiger partial charge in [0.15, 0.2) is 0 Å². The fourth-order valence-electron chi connectivity index (χ4n) is 2.75. The van der Waals surface area contributed by atoms with Gasteiger partial charge in [-0.05, 0) is 24.6 Å². The van der Waals surface area contributed by atoms with Gasteiger partial charge in [-0.15, -0.1) is 11.3 Å². The number of halogens is 1. The van der Waals surface area contributed by atoms with Crippen LogP contribution in [0, 0.1) is 6.92 Å². The van der Waals surface area contributed by atoms with Crippen molar-refractivity contribution >= 4 is 34.8 Å². The van der Waals surface area contributed by atoms with Crippen LogP contribution in [0.3, 0.4) is 0 Å². The molecule has 3 rings (SSSR count). The minimum absolute atomic E-state index is 0.123. The van der Waals surface area contributed by atoms with E-state index in [1.54, 1.807) is 41.8 Å². The van der Waals surface area contributed by atoms with E-state index in [4.69, 9.17) is 11.6 Å². The van der Waals surface area contributed by atoms with Gasteiger partial charge in [0.2, 0.25) is 5.91 Å². The molecular formula is C21H20ClN3O2S. The quantitative estimate of drug-likeness (QED) is 0.607. The fourth-order valence-corrected chi connectivity index (χ4v) is 3.71. The van der Waals surface area contributed by atoms with E-state index >= 15 is 0 Å². The molecule has 2 aromatic carbocycles. The molecule has 0 aliphatic heterocycles. The number of nitrogens with zero attached hydrogens (tertiary/aromatic N) is 1. The largest absolute Gasteiger partial charge is 0.351 e. The summed E-state index contributed by atoms with van der Waals surface area (Å²) in [5.41, 5.74) is 1.23. The Morgan fingerprint density at radius 2 is 1.82 bits per heavy atom. The second-order valence-corrected chi connectivity index (χ2v) is 7.97. The lowest BCUT2D eigenvalue weighted by Gasteiger charge is -2.19. The second kappa shape index (κ2) is 9.48. The lowest BCUT2D eigenvalue weighted by Crippen LogP contribution is -2.33. The zero-order chi connectivity index (χ0) is 19.9. The minimum Gasteiger partial charge on any atom is -0.351 e. The van der Waals surface area contributed by atoms with Crippen molar-refractivity contribution in [2.75, 3.05) is 0 Å². The molecule has 5 nitrogen and oxygen atoms in total. The van der Waals surface area contributed by atoms with Gasteiger partial charge in [0.1, 0.15) is 0 Å². The monoisotopic (exact) mass is 413 g/mol. The second-order valence-electron chi connectivity index (χ2n) is 6.24. The highest BCUT2D eigenvalue weighted by Gasteiger charge is 2.20. The lowest BCUT2D eigenvalue weighted by atomic mass is 10.0. The maximum Gasteiger partial charge on any atom is 0.253 e. The molecule has 0 bridgehead atoms. The van der Waals surface area contributed by atoms with Crippen molar-refractivity contribution in [2.24, 2.45) is 0 Å². The number of aromatic nitrogens is 1. The van der Waals surface area contributed by atoms with E-state index in [1.807, 2.05) is 37.3 Å². The third-order valence-electron chi connectivity index (χ3n) is 4.14. The maximum absolute atomic E-state index is 12.7. The molecule has 28 heavy (non-hydrogen) atoms. The van der Waals surface area contributed by atoms with Gasteiger partial charge < -0.3 is 10.6 Å². The Labute approximate surface area is 172 Å². The number of carbonyl (C=O) groups excluding carboxylic acids is 2. The Morgan fingerprint density at radius 1 is 1.11 bits per heavy atom. The van der Waals surface area contributed by atoms with Gasteiger partial charge in [0.05, 0.1) is 34.6 Å². The SMILES string of the molecule is Cc1ncc(CNC(=O)CC(NC(=O)c2ccccc2Cl)c2ccccc2)s1. The number of nitrogens with one attached hydrogen (secondary N) is 2. The number of hydrogen-bond acceptors (Lipinski definition) is 4. The first kappa shape index (κ1) is 20.0. The van der Waals surface area contributed by atoms with Gasteiger partial charge in [-0.1, -0.05) is 54.1 Å². The standard InChI is InChI=1S/C21H20ClN3O2S/c1-14-23-12-16(28-14)13-24-20(26)11-19(15-7-3-2-4-8-15)25-21(27)17-9-5-6-10-18(17)22/h2-10,12,19H,11,13H2,1H3,(H,24,26)(H,25,27). The van der Waals surface area contributed by atoms with Gasteiger partial charge in [-0.2, -0.15) is 0 Å². The van der Waals surface area contributed by atoms with E-state index in [1.165, 1.54) is 0 Å². The third-order valence-corrected chi connectivity index (χ3v) is 5.39. The molecule has 0 radical (unpaired) electrons. The van der Waals surface area contributed by atoms with Crippen molar-refractivity contribution < 1.29 is 9.59 Å². The molecule has 1 heterocycles. The normalized spacial score (nSPS) is 11.6. The Balaban J connectivity index is 1.69. The molecule has 0 saturated carbocycles. The molecule has 0 aliphatic carbocycles. The molecule has 0 spiro atoms. The summed E-state index contributed by atoms with van der Waals surface area (Å²) >= 11 is 7.67. The van der Waals surface area contributed by atoms with Crippen LogP contribution >= 0.6 is 22.9 Å². The highest BCUT2D eigenvalue weighted by molar-refractivity contribution is 7.11. The number of amides is 2. The van der Waals surface area contributed by atoms with E-state index in [0.717, 1.165) is 15.4 Å². The summed E-state index contributed by atoms with van der Waals surface area (Å²) in [6, 6.07) is 15.8. The van der Waals surface area contributed by atoms with Crippen LogP contribution in [0.25, 0.3) is 0 Å². The summed E-state index contributed by atoms with van der Waals surface area (Å²) in [7, 11) is 0. The van der Waals surface area contributed by atoms with Crippen LogP contribution in [-0.4, -0.2) is 16.8 Å². The predicted octanol–water partition coefficient (Wildman–Crippen LogP) is 4.28. The summed E-state index contributed by atoms with van der Waals surface area (Å²) in [5.74, 6) is -0.468. The number of aryl methyl sites for hydroxylation is 1. The van der Waals surface area contributed by atoms with Crippen molar-refractivity contribution in [1.82, 2.24) is 15.6 Å². The van der Waals surface area contributed by atoms with E-state index in [0.29, 0.717) is 17.1 Å². The average molecular weight is 414 g/mol. The van der Waals surface area contributed by atoms with Crippen LogP contribution in [0.5, 0.6) is 0 Å². The van der Waals surface area contributed by atoms with Crippen LogP contribution in [0.15, 0.2) is 60.8 Å². The summed E-state index contributed by atoms with van der Waals surface area (Å²) in [6.07, 6.45) is 1.88. The average Bonchev–Trinajstić information content (AvgIpc) is 3.12. The maximum atomic E-state index is 12.7. The summed E-state index contributed by atoms with van der Waals surface area (Å²) in [5, 5.41) is 7.15. The number of hydrogen-bond donors (Lipinski definition) is 2. The molecule has 1 aromatic heterocycles. The number of carbonyl (C=O) groups is 2. The van der Waals surface area contributed by atoms with Gasteiger partial charge >= 0.3 is 0 Å². The lowest BCUT2D eigenvalue weighted by molar-refractivity contribution is -0.121.